The number of ether oxygens (including phenoxy) is 2. The van der Waals surface area contributed by atoms with Crippen LogP contribution in [-0.2, 0) is 9.47 Å². The Kier molecular flexibility index (Phi) is 7.49. The van der Waals surface area contributed by atoms with Gasteiger partial charge < -0.3 is 21.9 Å². The summed E-state index contributed by atoms with van der Waals surface area (Å²) in [4.78, 5) is 0. The molecule has 1 aliphatic heterocycles. The minimum Gasteiger partial charge on any atom is -1.00 e. The first-order chi connectivity index (χ1) is 13.8. The second-order valence-electron chi connectivity index (χ2n) is 7.25. The van der Waals surface area contributed by atoms with E-state index in [-0.39, 0.29) is 12.4 Å². The van der Waals surface area contributed by atoms with E-state index in [2.05, 4.69) is 97.9 Å². The first kappa shape index (κ1) is 22.0. The van der Waals surface area contributed by atoms with E-state index >= 15 is 0 Å². The van der Waals surface area contributed by atoms with Gasteiger partial charge in [-0.3, -0.25) is 0 Å². The van der Waals surface area contributed by atoms with Crippen LogP contribution in [0.3, 0.4) is 0 Å². The molecule has 0 unspecified atom stereocenters. The van der Waals surface area contributed by atoms with E-state index in [1.165, 1.54) is 15.9 Å². The van der Waals surface area contributed by atoms with Crippen molar-refractivity contribution in [2.24, 2.45) is 0 Å². The van der Waals surface area contributed by atoms with Gasteiger partial charge in [0.2, 0.25) is 0 Å². The zero-order valence-corrected chi connectivity index (χ0v) is 18.5. The van der Waals surface area contributed by atoms with Crippen molar-refractivity contribution in [3.05, 3.63) is 91.0 Å². The van der Waals surface area contributed by atoms with Crippen molar-refractivity contribution in [3.63, 3.8) is 0 Å². The molecule has 0 atom stereocenters. The van der Waals surface area contributed by atoms with Crippen LogP contribution in [0.15, 0.2) is 91.0 Å². The number of hydrogen-bond acceptors (Lipinski definition) is 2. The standard InChI is InChI=1S/C25H28O2P.ClH/c1-2-25(26-19-20-27-25)18-21-28(22-12-6-3-7-13-22,23-14-8-4-9-15-23)24-16-10-5-11-17-24;/h3-17H,2,18-21H2,1H3;1H/q+1;/p-1. The minimum atomic E-state index is -1.82. The van der Waals surface area contributed by atoms with Gasteiger partial charge >= 0.3 is 0 Å². The molecule has 0 aliphatic carbocycles. The third-order valence-electron chi connectivity index (χ3n) is 5.77. The molecule has 29 heavy (non-hydrogen) atoms. The average molecular weight is 427 g/mol. The van der Waals surface area contributed by atoms with E-state index in [1.807, 2.05) is 0 Å². The normalized spacial score (nSPS) is 15.6. The quantitative estimate of drug-likeness (QED) is 0.533. The van der Waals surface area contributed by atoms with Crippen LogP contribution in [0.1, 0.15) is 19.8 Å². The lowest BCUT2D eigenvalue weighted by Crippen LogP contribution is -3.00. The molecule has 3 aromatic rings. The summed E-state index contributed by atoms with van der Waals surface area (Å²) in [5.41, 5.74) is 0. The highest BCUT2D eigenvalue weighted by Gasteiger charge is 2.48. The van der Waals surface area contributed by atoms with E-state index in [0.717, 1.165) is 19.0 Å². The maximum atomic E-state index is 6.09. The van der Waals surface area contributed by atoms with Crippen molar-refractivity contribution in [3.8, 4) is 0 Å². The molecule has 1 fully saturated rings. The maximum Gasteiger partial charge on any atom is 0.171 e. The molecule has 4 rings (SSSR count). The van der Waals surface area contributed by atoms with Crippen LogP contribution in [-0.4, -0.2) is 25.2 Å². The van der Waals surface area contributed by atoms with Crippen LogP contribution in [0, 0.1) is 0 Å². The van der Waals surface area contributed by atoms with Crippen molar-refractivity contribution in [1.82, 2.24) is 0 Å². The van der Waals surface area contributed by atoms with Gasteiger partial charge in [0.25, 0.3) is 0 Å². The molecule has 0 bridgehead atoms. The summed E-state index contributed by atoms with van der Waals surface area (Å²) in [5, 5.41) is 4.24. The summed E-state index contributed by atoms with van der Waals surface area (Å²) < 4.78 is 12.2. The van der Waals surface area contributed by atoms with Crippen LogP contribution < -0.4 is 28.3 Å². The van der Waals surface area contributed by atoms with E-state index in [0.29, 0.717) is 13.2 Å². The predicted octanol–water partition coefficient (Wildman–Crippen LogP) is 1.53. The van der Waals surface area contributed by atoms with Crippen molar-refractivity contribution < 1.29 is 21.9 Å². The molecule has 2 nitrogen and oxygen atoms in total. The van der Waals surface area contributed by atoms with Crippen molar-refractivity contribution in [2.75, 3.05) is 19.4 Å². The molecule has 0 aromatic heterocycles. The maximum absolute atomic E-state index is 6.09. The Hall–Kier alpha value is -1.70. The van der Waals surface area contributed by atoms with Gasteiger partial charge in [-0.05, 0) is 42.8 Å². The van der Waals surface area contributed by atoms with Crippen molar-refractivity contribution >= 4 is 23.2 Å². The Labute approximate surface area is 181 Å². The third-order valence-corrected chi connectivity index (χ3v) is 10.2. The summed E-state index contributed by atoms with van der Waals surface area (Å²) in [5.74, 6) is -0.441. The second-order valence-corrected chi connectivity index (χ2v) is 10.9. The van der Waals surface area contributed by atoms with Gasteiger partial charge in [-0.25, -0.2) is 0 Å². The molecule has 0 radical (unpaired) electrons. The highest BCUT2D eigenvalue weighted by molar-refractivity contribution is 7.95. The van der Waals surface area contributed by atoms with E-state index in [4.69, 9.17) is 9.47 Å². The Morgan fingerprint density at radius 2 is 1.07 bits per heavy atom. The molecule has 4 heteroatoms. The fraction of sp³-hybridized carbons (Fsp3) is 0.280. The van der Waals surface area contributed by atoms with Gasteiger partial charge in [-0.1, -0.05) is 61.5 Å². The number of hydrogen-bond donors (Lipinski definition) is 0. The molecular weight excluding hydrogens is 399 g/mol. The first-order valence-corrected chi connectivity index (χ1v) is 12.1. The number of halogens is 1. The Morgan fingerprint density at radius 1 is 0.690 bits per heavy atom. The average Bonchev–Trinajstić information content (AvgIpc) is 3.26. The van der Waals surface area contributed by atoms with Gasteiger partial charge in [0.05, 0.1) is 19.4 Å². The van der Waals surface area contributed by atoms with Crippen molar-refractivity contribution in [1.29, 1.82) is 0 Å². The van der Waals surface area contributed by atoms with Gasteiger partial charge in [0, 0.05) is 6.42 Å². The van der Waals surface area contributed by atoms with E-state index in [9.17, 15) is 0 Å². The van der Waals surface area contributed by atoms with Crippen LogP contribution in [0.2, 0.25) is 0 Å². The molecule has 0 saturated carbocycles. The SMILES string of the molecule is CCC1(CC[P+](c2ccccc2)(c2ccccc2)c2ccccc2)OCCO1.[Cl-]. The lowest BCUT2D eigenvalue weighted by molar-refractivity contribution is -0.159. The summed E-state index contributed by atoms with van der Waals surface area (Å²) >= 11 is 0. The summed E-state index contributed by atoms with van der Waals surface area (Å²) in [7, 11) is -1.82. The van der Waals surface area contributed by atoms with E-state index < -0.39 is 13.0 Å². The number of rotatable bonds is 7. The molecule has 3 aromatic carbocycles. The molecule has 0 amide bonds. The topological polar surface area (TPSA) is 18.5 Å². The summed E-state index contributed by atoms with van der Waals surface area (Å²) in [6.07, 6.45) is 2.81. The zero-order valence-electron chi connectivity index (χ0n) is 16.8. The Morgan fingerprint density at radius 3 is 1.41 bits per heavy atom. The molecule has 1 heterocycles. The molecule has 152 valence electrons. The Balaban J connectivity index is 0.00000240. The van der Waals surface area contributed by atoms with Gasteiger partial charge in [-0.15, -0.1) is 0 Å². The lowest BCUT2D eigenvalue weighted by atomic mass is 10.1. The van der Waals surface area contributed by atoms with Crippen LogP contribution in [0.5, 0.6) is 0 Å². The lowest BCUT2D eigenvalue weighted by Gasteiger charge is -2.32. The van der Waals surface area contributed by atoms with Gasteiger partial charge in [0.1, 0.15) is 23.2 Å². The van der Waals surface area contributed by atoms with Crippen LogP contribution in [0.25, 0.3) is 0 Å². The smallest absolute Gasteiger partial charge is 0.171 e. The molecular formula is C25H28ClO2P. The zero-order chi connectivity index (χ0) is 19.3. The van der Waals surface area contributed by atoms with Crippen LogP contribution in [0.4, 0.5) is 0 Å². The summed E-state index contributed by atoms with van der Waals surface area (Å²) in [6, 6.07) is 33.0. The predicted molar refractivity (Wildman–Crippen MR) is 120 cm³/mol. The minimum absolute atomic E-state index is 0. The Bertz CT molecular complexity index is 768. The van der Waals surface area contributed by atoms with Crippen molar-refractivity contribution in [2.45, 2.75) is 25.6 Å². The molecule has 0 spiro atoms. The molecule has 0 N–H and O–H groups in total. The number of benzene rings is 3. The fourth-order valence-electron chi connectivity index (χ4n) is 4.24. The fourth-order valence-corrected chi connectivity index (χ4v) is 8.63. The highest BCUT2D eigenvalue weighted by atomic mass is 35.5. The van der Waals surface area contributed by atoms with Gasteiger partial charge in [-0.2, -0.15) is 0 Å². The first-order valence-electron chi connectivity index (χ1n) is 10.1. The monoisotopic (exact) mass is 426 g/mol. The van der Waals surface area contributed by atoms with Crippen LogP contribution >= 0.6 is 7.26 Å². The van der Waals surface area contributed by atoms with Gasteiger partial charge in [0.15, 0.2) is 5.79 Å². The third kappa shape index (κ3) is 4.42. The highest BCUT2D eigenvalue weighted by Crippen LogP contribution is 2.56. The summed E-state index contributed by atoms with van der Waals surface area (Å²) in [6.45, 7) is 3.56. The molecule has 1 saturated heterocycles. The largest absolute Gasteiger partial charge is 1.00 e. The van der Waals surface area contributed by atoms with E-state index in [1.54, 1.807) is 0 Å². The second kappa shape index (κ2) is 9.87. The molecule has 1 aliphatic rings.